The summed E-state index contributed by atoms with van der Waals surface area (Å²) in [5, 5.41) is 0. The summed E-state index contributed by atoms with van der Waals surface area (Å²) >= 11 is 0. The molecule has 0 aliphatic heterocycles. The van der Waals surface area contributed by atoms with Crippen LogP contribution in [-0.2, 0) is 0 Å². The topological polar surface area (TPSA) is 0 Å². The fourth-order valence-corrected chi connectivity index (χ4v) is 0. The Bertz CT molecular complexity index is 33.7. The largest absolute Gasteiger partial charge is 0.0694 e. The van der Waals surface area contributed by atoms with Crippen molar-refractivity contribution in [3.63, 3.8) is 0 Å². The third kappa shape index (κ3) is 4.22. The van der Waals surface area contributed by atoms with E-state index in [1.54, 1.807) is 0 Å². The van der Waals surface area contributed by atoms with E-state index in [9.17, 15) is 0 Å². The van der Waals surface area contributed by atoms with Crippen molar-refractivity contribution in [2.45, 2.75) is 26.6 Å². The quantitative estimate of drug-likeness (QED) is 0.444. The van der Waals surface area contributed by atoms with Crippen LogP contribution in [0.3, 0.4) is 0 Å². The maximum atomic E-state index is 2.33. The second-order valence-electron chi connectivity index (χ2n) is 2.65. The first kappa shape index (κ1) is 6.22. The molecule has 0 fully saturated rings. The van der Waals surface area contributed by atoms with Gasteiger partial charge in [0.15, 0.2) is 0 Å². The van der Waals surface area contributed by atoms with Crippen LogP contribution in [-0.4, -0.2) is 8.07 Å². The molecule has 6 heavy (non-hydrogen) atoms. The van der Waals surface area contributed by atoms with Crippen LogP contribution in [0.2, 0.25) is 19.6 Å². The van der Waals surface area contributed by atoms with Crippen molar-refractivity contribution in [1.29, 1.82) is 0 Å². The van der Waals surface area contributed by atoms with E-state index in [0.717, 1.165) is 0 Å². The average Bonchev–Trinajstić information content (AvgIpc) is 1.35. The number of rotatable bonds is 1. The summed E-state index contributed by atoms with van der Waals surface area (Å²) in [5.41, 5.74) is 0. The molecule has 0 atom stereocenters. The summed E-state index contributed by atoms with van der Waals surface area (Å²) < 4.78 is 0. The summed E-state index contributed by atoms with van der Waals surface area (Å²) in [6, 6.07) is 2.33. The zero-order valence-electron chi connectivity index (χ0n) is 5.08. The lowest BCUT2D eigenvalue weighted by Gasteiger charge is -2.09. The molecule has 0 nitrogen and oxygen atoms in total. The molecule has 0 aromatic carbocycles. The Kier molecular flexibility index (Phi) is 1.85. The van der Waals surface area contributed by atoms with Gasteiger partial charge < -0.3 is 0 Å². The first-order chi connectivity index (χ1) is 2.56. The molecule has 0 spiro atoms. The lowest BCUT2D eigenvalue weighted by atomic mass is 11.0. The monoisotopic (exact) mass is 101 g/mol. The van der Waals surface area contributed by atoms with Gasteiger partial charge in [-0.05, 0) is 6.04 Å². The lowest BCUT2D eigenvalue weighted by Crippen LogP contribution is -2.18. The van der Waals surface area contributed by atoms with Gasteiger partial charge in [0.25, 0.3) is 0 Å². The lowest BCUT2D eigenvalue weighted by molar-refractivity contribution is 1.55. The first-order valence-corrected chi connectivity index (χ1v) is 5.94. The van der Waals surface area contributed by atoms with Crippen molar-refractivity contribution >= 4 is 8.07 Å². The Morgan fingerprint density at radius 2 is 1.33 bits per heavy atom. The smallest absolute Gasteiger partial charge is 0.0470 e. The van der Waals surface area contributed by atoms with Crippen LogP contribution in [0.5, 0.6) is 0 Å². The van der Waals surface area contributed by atoms with Crippen LogP contribution < -0.4 is 0 Å². The summed E-state index contributed by atoms with van der Waals surface area (Å²) in [4.78, 5) is 0. The Balaban J connectivity index is 3.17. The summed E-state index contributed by atoms with van der Waals surface area (Å²) in [7, 11) is -0.756. The van der Waals surface area contributed by atoms with Crippen LogP contribution in [0.1, 0.15) is 6.92 Å². The zero-order chi connectivity index (χ0) is 5.21. The minimum absolute atomic E-state index is 0.756. The molecule has 0 aromatic rings. The highest BCUT2D eigenvalue weighted by atomic mass is 28.3. The minimum atomic E-state index is -0.756. The molecular weight excluding hydrogens is 88.1 g/mol. The van der Waals surface area contributed by atoms with E-state index < -0.39 is 8.07 Å². The highest BCUT2D eigenvalue weighted by molar-refractivity contribution is 6.79. The molecule has 1 radical (unpaired) electrons. The molecular formula is C5H13Si. The molecule has 0 aliphatic carbocycles. The maximum Gasteiger partial charge on any atom is 0.0470 e. The molecule has 0 N–H and O–H groups in total. The number of hydrogen-bond acceptors (Lipinski definition) is 0. The van der Waals surface area contributed by atoms with E-state index in [0.29, 0.717) is 0 Å². The molecule has 1 heteroatoms. The maximum absolute atomic E-state index is 2.33. The molecule has 0 unspecified atom stereocenters. The third-order valence-electron chi connectivity index (χ3n) is 0.866. The average molecular weight is 101 g/mol. The van der Waals surface area contributed by atoms with Crippen LogP contribution in [0.15, 0.2) is 0 Å². The highest BCUT2D eigenvalue weighted by Crippen LogP contribution is 2.01. The predicted molar refractivity (Wildman–Crippen MR) is 33.3 cm³/mol. The Morgan fingerprint density at radius 3 is 1.33 bits per heavy atom. The Labute approximate surface area is 41.6 Å². The molecule has 0 heterocycles. The van der Waals surface area contributed by atoms with Crippen molar-refractivity contribution in [3.8, 4) is 0 Å². The second-order valence-corrected chi connectivity index (χ2v) is 7.96. The van der Waals surface area contributed by atoms with Gasteiger partial charge in [-0.15, -0.1) is 0 Å². The summed E-state index contributed by atoms with van der Waals surface area (Å²) in [6.07, 6.45) is 0. The SMILES string of the molecule is C[CH][Si](C)(C)C. The Hall–Kier alpha value is 0.217. The highest BCUT2D eigenvalue weighted by Gasteiger charge is 2.07. The van der Waals surface area contributed by atoms with Crippen molar-refractivity contribution in [1.82, 2.24) is 0 Å². The van der Waals surface area contributed by atoms with Crippen LogP contribution in [0.4, 0.5) is 0 Å². The minimum Gasteiger partial charge on any atom is -0.0694 e. The van der Waals surface area contributed by atoms with Gasteiger partial charge in [-0.1, -0.05) is 26.6 Å². The van der Waals surface area contributed by atoms with Gasteiger partial charge in [-0.2, -0.15) is 0 Å². The van der Waals surface area contributed by atoms with Gasteiger partial charge in [0.1, 0.15) is 0 Å². The van der Waals surface area contributed by atoms with Gasteiger partial charge in [0.05, 0.1) is 0 Å². The summed E-state index contributed by atoms with van der Waals surface area (Å²) in [5.74, 6) is 0. The molecule has 0 saturated carbocycles. The molecule has 0 rings (SSSR count). The van der Waals surface area contributed by atoms with E-state index in [2.05, 4.69) is 32.6 Å². The van der Waals surface area contributed by atoms with Gasteiger partial charge in [-0.3, -0.25) is 0 Å². The van der Waals surface area contributed by atoms with Crippen molar-refractivity contribution in [3.05, 3.63) is 6.04 Å². The Morgan fingerprint density at radius 1 is 1.17 bits per heavy atom. The van der Waals surface area contributed by atoms with Gasteiger partial charge >= 0.3 is 0 Å². The van der Waals surface area contributed by atoms with Crippen LogP contribution >= 0.6 is 0 Å². The first-order valence-electron chi connectivity index (χ1n) is 2.37. The second kappa shape index (κ2) is 1.78. The van der Waals surface area contributed by atoms with Crippen molar-refractivity contribution < 1.29 is 0 Å². The van der Waals surface area contributed by atoms with E-state index in [4.69, 9.17) is 0 Å². The van der Waals surface area contributed by atoms with Gasteiger partial charge in [0.2, 0.25) is 0 Å². The van der Waals surface area contributed by atoms with Crippen molar-refractivity contribution in [2.75, 3.05) is 0 Å². The molecule has 0 saturated heterocycles. The fraction of sp³-hybridized carbons (Fsp3) is 0.800. The van der Waals surface area contributed by atoms with E-state index in [-0.39, 0.29) is 0 Å². The zero-order valence-corrected chi connectivity index (χ0v) is 6.08. The fourth-order valence-electron chi connectivity index (χ4n) is 0. The molecule has 0 aliphatic rings. The third-order valence-corrected chi connectivity index (χ3v) is 2.60. The van der Waals surface area contributed by atoms with Gasteiger partial charge in [0, 0.05) is 8.07 Å². The summed E-state index contributed by atoms with van der Waals surface area (Å²) in [6.45, 7) is 9.12. The van der Waals surface area contributed by atoms with E-state index >= 15 is 0 Å². The normalized spacial score (nSPS) is 12.0. The predicted octanol–water partition coefficient (Wildman–Crippen LogP) is 2.09. The van der Waals surface area contributed by atoms with Crippen LogP contribution in [0.25, 0.3) is 0 Å². The molecule has 37 valence electrons. The van der Waals surface area contributed by atoms with Crippen LogP contribution in [0, 0.1) is 6.04 Å². The standard InChI is InChI=1S/C5H13Si/c1-5-6(2,3)4/h5H,1-4H3. The number of hydrogen-bond donors (Lipinski definition) is 0. The molecule has 0 amide bonds. The molecule has 0 aromatic heterocycles. The molecule has 0 bridgehead atoms. The van der Waals surface area contributed by atoms with E-state index in [1.807, 2.05) is 0 Å². The van der Waals surface area contributed by atoms with Crippen molar-refractivity contribution in [2.24, 2.45) is 0 Å². The van der Waals surface area contributed by atoms with Gasteiger partial charge in [-0.25, -0.2) is 0 Å². The van der Waals surface area contributed by atoms with E-state index in [1.165, 1.54) is 0 Å².